The Balaban J connectivity index is 1.35. The van der Waals surface area contributed by atoms with Gasteiger partial charge in [0.1, 0.15) is 6.54 Å². The van der Waals surface area contributed by atoms with E-state index in [1.807, 2.05) is 79.4 Å². The monoisotopic (exact) mass is 457 g/mol. The Bertz CT molecular complexity index is 1080. The quantitative estimate of drug-likeness (QED) is 0.541. The van der Waals surface area contributed by atoms with Gasteiger partial charge in [-0.3, -0.25) is 9.59 Å². The van der Waals surface area contributed by atoms with Crippen molar-refractivity contribution in [3.8, 4) is 11.3 Å². The zero-order valence-corrected chi connectivity index (χ0v) is 19.8. The summed E-state index contributed by atoms with van der Waals surface area (Å²) in [6.07, 6.45) is 0.789. The minimum atomic E-state index is -0.101. The second-order valence-corrected chi connectivity index (χ2v) is 8.57. The molecule has 7 nitrogen and oxygen atoms in total. The molecule has 0 spiro atoms. The van der Waals surface area contributed by atoms with Crippen LogP contribution in [0.2, 0.25) is 0 Å². The molecule has 7 heteroatoms. The highest BCUT2D eigenvalue weighted by molar-refractivity contribution is 5.96. The Hall–Kier alpha value is -3.74. The SMILES string of the molecule is CC[C@@H](C)N(CC(=O)N1CCN(c2ccc(-c3ccccc3)nn2)CC1)C(=O)c1ccccc1. The van der Waals surface area contributed by atoms with Crippen LogP contribution in [0.15, 0.2) is 72.8 Å². The summed E-state index contributed by atoms with van der Waals surface area (Å²) in [7, 11) is 0. The number of nitrogens with zero attached hydrogens (tertiary/aromatic N) is 5. The van der Waals surface area contributed by atoms with Gasteiger partial charge in [-0.25, -0.2) is 0 Å². The summed E-state index contributed by atoms with van der Waals surface area (Å²) >= 11 is 0. The maximum absolute atomic E-state index is 13.1. The van der Waals surface area contributed by atoms with Crippen molar-refractivity contribution in [1.29, 1.82) is 0 Å². The van der Waals surface area contributed by atoms with Gasteiger partial charge in [0.2, 0.25) is 5.91 Å². The predicted octanol–water partition coefficient (Wildman–Crippen LogP) is 3.73. The zero-order valence-electron chi connectivity index (χ0n) is 19.8. The number of piperazine rings is 1. The molecule has 0 N–H and O–H groups in total. The van der Waals surface area contributed by atoms with Gasteiger partial charge in [-0.2, -0.15) is 0 Å². The molecule has 1 aliphatic heterocycles. The number of benzene rings is 2. The van der Waals surface area contributed by atoms with Crippen LogP contribution < -0.4 is 4.90 Å². The standard InChI is InChI=1S/C27H31N5O2/c1-3-21(2)32(27(34)23-12-8-5-9-13-23)20-26(33)31-18-16-30(17-19-31)25-15-14-24(28-29-25)22-10-6-4-7-11-22/h4-15,21H,3,16-20H2,1-2H3/t21-/m1/s1. The molecule has 2 amide bonds. The van der Waals surface area contributed by atoms with Crippen LogP contribution >= 0.6 is 0 Å². The first kappa shape index (κ1) is 23.4. The summed E-state index contributed by atoms with van der Waals surface area (Å²) in [6, 6.07) is 23.1. The molecule has 1 aliphatic rings. The molecular formula is C27H31N5O2. The summed E-state index contributed by atoms with van der Waals surface area (Å²) in [5, 5.41) is 8.79. The van der Waals surface area contributed by atoms with Gasteiger partial charge in [-0.15, -0.1) is 10.2 Å². The van der Waals surface area contributed by atoms with Crippen molar-refractivity contribution < 1.29 is 9.59 Å². The molecule has 4 rings (SSSR count). The lowest BCUT2D eigenvalue weighted by molar-refractivity contribution is -0.132. The van der Waals surface area contributed by atoms with Crippen molar-refractivity contribution in [2.24, 2.45) is 0 Å². The van der Waals surface area contributed by atoms with Crippen molar-refractivity contribution >= 4 is 17.6 Å². The Morgan fingerprint density at radius 1 is 0.882 bits per heavy atom. The van der Waals surface area contributed by atoms with Crippen molar-refractivity contribution in [3.05, 3.63) is 78.4 Å². The molecule has 0 aliphatic carbocycles. The van der Waals surface area contributed by atoms with Crippen LogP contribution in [0, 0.1) is 0 Å². The number of rotatable bonds is 7. The summed E-state index contributed by atoms with van der Waals surface area (Å²) in [5.41, 5.74) is 2.48. The first-order chi connectivity index (χ1) is 16.6. The van der Waals surface area contributed by atoms with E-state index in [0.29, 0.717) is 31.7 Å². The van der Waals surface area contributed by atoms with Crippen LogP contribution in [0.1, 0.15) is 30.6 Å². The molecule has 2 heterocycles. The van der Waals surface area contributed by atoms with Gasteiger partial charge in [-0.1, -0.05) is 55.5 Å². The van der Waals surface area contributed by atoms with Crippen molar-refractivity contribution in [2.45, 2.75) is 26.3 Å². The molecule has 0 radical (unpaired) electrons. The third-order valence-corrected chi connectivity index (χ3v) is 6.39. The van der Waals surface area contributed by atoms with Gasteiger partial charge in [0.15, 0.2) is 5.82 Å². The van der Waals surface area contributed by atoms with Crippen molar-refractivity contribution in [1.82, 2.24) is 20.0 Å². The lowest BCUT2D eigenvalue weighted by atomic mass is 10.1. The summed E-state index contributed by atoms with van der Waals surface area (Å²) in [6.45, 7) is 6.66. The lowest BCUT2D eigenvalue weighted by Crippen LogP contribution is -2.53. The third kappa shape index (κ3) is 5.42. The highest BCUT2D eigenvalue weighted by Crippen LogP contribution is 2.19. The van der Waals surface area contributed by atoms with Crippen LogP contribution in [-0.2, 0) is 4.79 Å². The molecule has 3 aromatic rings. The van der Waals surface area contributed by atoms with Crippen LogP contribution in [0.5, 0.6) is 0 Å². The molecule has 2 aromatic carbocycles. The maximum atomic E-state index is 13.1. The van der Waals surface area contributed by atoms with E-state index in [1.54, 1.807) is 17.0 Å². The van der Waals surface area contributed by atoms with E-state index >= 15 is 0 Å². The van der Waals surface area contributed by atoms with E-state index in [9.17, 15) is 9.59 Å². The van der Waals surface area contributed by atoms with Gasteiger partial charge >= 0.3 is 0 Å². The van der Waals surface area contributed by atoms with E-state index < -0.39 is 0 Å². The molecule has 0 unspecified atom stereocenters. The Kier molecular flexibility index (Phi) is 7.52. The van der Waals surface area contributed by atoms with Crippen LogP contribution in [0.25, 0.3) is 11.3 Å². The van der Waals surface area contributed by atoms with Crippen LogP contribution in [-0.4, -0.2) is 70.6 Å². The van der Waals surface area contributed by atoms with Gasteiger partial charge < -0.3 is 14.7 Å². The first-order valence-electron chi connectivity index (χ1n) is 11.8. The average Bonchev–Trinajstić information content (AvgIpc) is 2.92. The highest BCUT2D eigenvalue weighted by atomic mass is 16.2. The second-order valence-electron chi connectivity index (χ2n) is 8.57. The van der Waals surface area contributed by atoms with E-state index in [1.165, 1.54) is 0 Å². The van der Waals surface area contributed by atoms with E-state index in [4.69, 9.17) is 0 Å². The predicted molar refractivity (Wildman–Crippen MR) is 133 cm³/mol. The number of anilines is 1. The minimum Gasteiger partial charge on any atom is -0.352 e. The molecule has 1 saturated heterocycles. The lowest BCUT2D eigenvalue weighted by Gasteiger charge is -2.37. The fourth-order valence-corrected chi connectivity index (χ4v) is 4.08. The normalized spacial score (nSPS) is 14.5. The summed E-state index contributed by atoms with van der Waals surface area (Å²) < 4.78 is 0. The second kappa shape index (κ2) is 10.9. The Labute approximate surface area is 201 Å². The smallest absolute Gasteiger partial charge is 0.254 e. The van der Waals surface area contributed by atoms with Gasteiger partial charge in [0.25, 0.3) is 5.91 Å². The van der Waals surface area contributed by atoms with E-state index in [-0.39, 0.29) is 24.4 Å². The summed E-state index contributed by atoms with van der Waals surface area (Å²) in [4.78, 5) is 31.8. The number of hydrogen-bond acceptors (Lipinski definition) is 5. The molecule has 176 valence electrons. The fraction of sp³-hybridized carbons (Fsp3) is 0.333. The molecular weight excluding hydrogens is 426 g/mol. The average molecular weight is 458 g/mol. The Morgan fingerprint density at radius 2 is 1.53 bits per heavy atom. The Morgan fingerprint density at radius 3 is 2.12 bits per heavy atom. The fourth-order valence-electron chi connectivity index (χ4n) is 4.08. The molecule has 1 atom stereocenters. The topological polar surface area (TPSA) is 69.6 Å². The van der Waals surface area contributed by atoms with E-state index in [2.05, 4.69) is 15.1 Å². The van der Waals surface area contributed by atoms with Gasteiger partial charge in [0.05, 0.1) is 5.69 Å². The maximum Gasteiger partial charge on any atom is 0.254 e. The van der Waals surface area contributed by atoms with Gasteiger partial charge in [-0.05, 0) is 37.6 Å². The van der Waals surface area contributed by atoms with E-state index in [0.717, 1.165) is 23.5 Å². The molecule has 1 fully saturated rings. The largest absolute Gasteiger partial charge is 0.352 e. The summed E-state index contributed by atoms with van der Waals surface area (Å²) in [5.74, 6) is 0.692. The number of amides is 2. The van der Waals surface area contributed by atoms with Crippen LogP contribution in [0.3, 0.4) is 0 Å². The molecule has 34 heavy (non-hydrogen) atoms. The van der Waals surface area contributed by atoms with Crippen molar-refractivity contribution in [3.63, 3.8) is 0 Å². The molecule has 0 saturated carbocycles. The zero-order chi connectivity index (χ0) is 23.9. The highest BCUT2D eigenvalue weighted by Gasteiger charge is 2.28. The van der Waals surface area contributed by atoms with Crippen LogP contribution in [0.4, 0.5) is 5.82 Å². The molecule has 1 aromatic heterocycles. The van der Waals surface area contributed by atoms with Crippen molar-refractivity contribution in [2.75, 3.05) is 37.6 Å². The number of carbonyl (C=O) groups is 2. The van der Waals surface area contributed by atoms with Gasteiger partial charge in [0, 0.05) is 43.3 Å². The first-order valence-corrected chi connectivity index (χ1v) is 11.8. The molecule has 0 bridgehead atoms. The number of carbonyl (C=O) groups excluding carboxylic acids is 2. The third-order valence-electron chi connectivity index (χ3n) is 6.39. The number of aromatic nitrogens is 2. The number of hydrogen-bond donors (Lipinski definition) is 0. The minimum absolute atomic E-state index is 0.0173.